The van der Waals surface area contributed by atoms with Crippen molar-refractivity contribution in [3.63, 3.8) is 0 Å². The first-order valence-electron chi connectivity index (χ1n) is 9.36. The van der Waals surface area contributed by atoms with E-state index < -0.39 is 0 Å². The third kappa shape index (κ3) is 3.49. The normalized spacial score (nSPS) is 18.7. The summed E-state index contributed by atoms with van der Waals surface area (Å²) < 4.78 is 16.8. The quantitative estimate of drug-likeness (QED) is 0.689. The zero-order valence-electron chi connectivity index (χ0n) is 16.2. The summed E-state index contributed by atoms with van der Waals surface area (Å²) in [6, 6.07) is 9.52. The second-order valence-electron chi connectivity index (χ2n) is 6.96. The Bertz CT molecular complexity index is 1020. The Morgan fingerprint density at radius 1 is 1.07 bits per heavy atom. The van der Waals surface area contributed by atoms with E-state index in [1.54, 1.807) is 18.0 Å². The van der Waals surface area contributed by atoms with Gasteiger partial charge in [-0.3, -0.25) is 14.4 Å². The van der Waals surface area contributed by atoms with Crippen molar-refractivity contribution < 1.29 is 33.7 Å². The topological polar surface area (TPSA) is 114 Å². The van der Waals surface area contributed by atoms with E-state index in [2.05, 4.69) is 5.32 Å². The van der Waals surface area contributed by atoms with Crippen molar-refractivity contribution in [1.29, 1.82) is 0 Å². The summed E-state index contributed by atoms with van der Waals surface area (Å²) in [7, 11) is 1.73. The number of benzene rings is 2. The molecule has 0 aliphatic carbocycles. The number of amides is 2. The fraction of sp³-hybridized carbons (Fsp3) is 0.286. The Morgan fingerprint density at radius 3 is 2.57 bits per heavy atom. The highest BCUT2D eigenvalue weighted by atomic mass is 16.6. The Morgan fingerprint density at radius 2 is 1.80 bits per heavy atom. The molecule has 9 nitrogen and oxygen atoms in total. The number of carboxylic acid groups (broad SMARTS) is 1. The predicted octanol–water partition coefficient (Wildman–Crippen LogP) is 1.99. The number of carbonyl (C=O) groups is 3. The fourth-order valence-corrected chi connectivity index (χ4v) is 3.80. The van der Waals surface area contributed by atoms with Gasteiger partial charge in [-0.25, -0.2) is 0 Å². The van der Waals surface area contributed by atoms with Gasteiger partial charge in [0, 0.05) is 31.1 Å². The molecule has 0 aromatic heterocycles. The third-order valence-corrected chi connectivity index (χ3v) is 5.23. The van der Waals surface area contributed by atoms with Crippen molar-refractivity contribution >= 4 is 29.7 Å². The van der Waals surface area contributed by atoms with E-state index in [4.69, 9.17) is 24.1 Å². The number of anilines is 2. The zero-order valence-corrected chi connectivity index (χ0v) is 16.2. The van der Waals surface area contributed by atoms with E-state index in [-0.39, 0.29) is 30.8 Å². The minimum atomic E-state index is -0.250. The predicted molar refractivity (Wildman–Crippen MR) is 107 cm³/mol. The van der Waals surface area contributed by atoms with Gasteiger partial charge < -0.3 is 29.5 Å². The van der Waals surface area contributed by atoms with Crippen molar-refractivity contribution in [2.45, 2.75) is 12.3 Å². The summed E-state index contributed by atoms with van der Waals surface area (Å²) in [5.74, 6) is 1.72. The van der Waals surface area contributed by atoms with Gasteiger partial charge in [-0.15, -0.1) is 0 Å². The third-order valence-electron chi connectivity index (χ3n) is 5.23. The lowest BCUT2D eigenvalue weighted by Gasteiger charge is -2.32. The summed E-state index contributed by atoms with van der Waals surface area (Å²) in [5, 5.41) is 9.81. The van der Waals surface area contributed by atoms with E-state index in [0.717, 1.165) is 16.9 Å². The maximum absolute atomic E-state index is 12.3. The van der Waals surface area contributed by atoms with E-state index in [0.29, 0.717) is 42.5 Å². The fourth-order valence-electron chi connectivity index (χ4n) is 3.80. The second-order valence-corrected chi connectivity index (χ2v) is 6.96. The Balaban J connectivity index is 0.000000687. The van der Waals surface area contributed by atoms with Gasteiger partial charge in [0.2, 0.25) is 5.91 Å². The van der Waals surface area contributed by atoms with E-state index >= 15 is 0 Å². The number of likely N-dealkylation sites (N-methyl/N-ethyl adjacent to an activating group) is 1. The van der Waals surface area contributed by atoms with Crippen LogP contribution >= 0.6 is 0 Å². The summed E-state index contributed by atoms with van der Waals surface area (Å²) in [4.78, 5) is 34.3. The van der Waals surface area contributed by atoms with Crippen LogP contribution in [-0.2, 0) is 14.4 Å². The number of hydrogen-bond acceptors (Lipinski definition) is 6. The number of nitrogens with one attached hydrogen (secondary N) is 1. The molecule has 2 aromatic rings. The monoisotopic (exact) mass is 412 g/mol. The molecular weight excluding hydrogens is 392 g/mol. The van der Waals surface area contributed by atoms with Gasteiger partial charge in [-0.05, 0) is 29.3 Å². The summed E-state index contributed by atoms with van der Waals surface area (Å²) in [6.45, 7) is 0.797. The van der Waals surface area contributed by atoms with Crippen LogP contribution in [0.15, 0.2) is 30.3 Å². The van der Waals surface area contributed by atoms with Crippen LogP contribution in [0.4, 0.5) is 11.4 Å². The zero-order chi connectivity index (χ0) is 21.3. The molecule has 9 heteroatoms. The molecule has 3 heterocycles. The minimum absolute atomic E-state index is 0.00181. The van der Waals surface area contributed by atoms with Crippen LogP contribution in [0.25, 0.3) is 0 Å². The van der Waals surface area contributed by atoms with Gasteiger partial charge in [-0.1, -0.05) is 6.07 Å². The first-order chi connectivity index (χ1) is 14.5. The van der Waals surface area contributed by atoms with Crippen molar-refractivity contribution in [3.8, 4) is 17.2 Å². The first-order valence-corrected chi connectivity index (χ1v) is 9.36. The highest BCUT2D eigenvalue weighted by Crippen LogP contribution is 2.45. The van der Waals surface area contributed by atoms with Gasteiger partial charge in [0.05, 0.1) is 5.69 Å². The lowest BCUT2D eigenvalue weighted by atomic mass is 9.84. The standard InChI is InChI=1S/C20H18N2O5.CH2O2/c1-22-15-7-13-12(11-2-3-16-18(6-11)26-5-4-25-16)8-19(23)21-14(13)9-17(15)27-10-20(22)24;2-1-3/h2-3,6-7,9,12H,4-5,8,10H2,1H3,(H,21,23);1H,(H,2,3). The summed E-state index contributed by atoms with van der Waals surface area (Å²) in [6.07, 6.45) is 0.323. The van der Waals surface area contributed by atoms with Gasteiger partial charge in [0.1, 0.15) is 19.0 Å². The molecule has 1 atom stereocenters. The summed E-state index contributed by atoms with van der Waals surface area (Å²) in [5.41, 5.74) is 3.35. The van der Waals surface area contributed by atoms with Crippen LogP contribution < -0.4 is 24.4 Å². The van der Waals surface area contributed by atoms with E-state index in [1.807, 2.05) is 24.3 Å². The molecule has 1 unspecified atom stereocenters. The average molecular weight is 412 g/mol. The molecule has 3 aliphatic heterocycles. The van der Waals surface area contributed by atoms with Gasteiger partial charge >= 0.3 is 0 Å². The Labute approximate surface area is 172 Å². The SMILES string of the molecule is CN1C(=O)COc2cc3c(cc21)C(c1ccc2c(c1)OCCO2)CC(=O)N3.O=CO. The molecule has 2 N–H and O–H groups in total. The molecule has 0 saturated heterocycles. The minimum Gasteiger partial charge on any atom is -0.486 e. The van der Waals surface area contributed by atoms with Crippen molar-refractivity contribution in [1.82, 2.24) is 0 Å². The maximum atomic E-state index is 12.3. The largest absolute Gasteiger partial charge is 0.486 e. The second kappa shape index (κ2) is 7.94. The molecule has 156 valence electrons. The Kier molecular flexibility index (Phi) is 5.18. The molecule has 5 rings (SSSR count). The van der Waals surface area contributed by atoms with Gasteiger partial charge in [0.25, 0.3) is 12.4 Å². The average Bonchev–Trinajstić information content (AvgIpc) is 2.75. The number of hydrogen-bond donors (Lipinski definition) is 2. The van der Waals surface area contributed by atoms with Gasteiger partial charge in [-0.2, -0.15) is 0 Å². The van der Waals surface area contributed by atoms with Crippen molar-refractivity contribution in [3.05, 3.63) is 41.5 Å². The lowest BCUT2D eigenvalue weighted by Crippen LogP contribution is -2.36. The van der Waals surface area contributed by atoms with Crippen LogP contribution in [0.5, 0.6) is 17.2 Å². The molecule has 0 spiro atoms. The van der Waals surface area contributed by atoms with Gasteiger partial charge in [0.15, 0.2) is 18.1 Å². The van der Waals surface area contributed by atoms with Crippen LogP contribution in [0.1, 0.15) is 23.5 Å². The van der Waals surface area contributed by atoms with Crippen LogP contribution in [0.3, 0.4) is 0 Å². The van der Waals surface area contributed by atoms with E-state index in [1.165, 1.54) is 0 Å². The molecular formula is C21H20N2O7. The molecule has 2 aromatic carbocycles. The Hall–Kier alpha value is -3.75. The molecule has 0 bridgehead atoms. The number of carbonyl (C=O) groups excluding carboxylic acids is 2. The molecule has 0 saturated carbocycles. The van der Waals surface area contributed by atoms with Crippen LogP contribution in [-0.4, -0.2) is 50.3 Å². The van der Waals surface area contributed by atoms with Crippen LogP contribution in [0.2, 0.25) is 0 Å². The highest BCUT2D eigenvalue weighted by molar-refractivity contribution is 6.00. The lowest BCUT2D eigenvalue weighted by molar-refractivity contribution is -0.123. The van der Waals surface area contributed by atoms with Crippen molar-refractivity contribution in [2.24, 2.45) is 0 Å². The number of nitrogens with zero attached hydrogens (tertiary/aromatic N) is 1. The molecule has 0 radical (unpaired) electrons. The molecule has 2 amide bonds. The number of ether oxygens (including phenoxy) is 3. The smallest absolute Gasteiger partial charge is 0.290 e. The number of fused-ring (bicyclic) bond motifs is 3. The molecule has 3 aliphatic rings. The maximum Gasteiger partial charge on any atom is 0.290 e. The summed E-state index contributed by atoms with van der Waals surface area (Å²) >= 11 is 0. The highest BCUT2D eigenvalue weighted by Gasteiger charge is 2.32. The molecule has 30 heavy (non-hydrogen) atoms. The molecule has 0 fully saturated rings. The van der Waals surface area contributed by atoms with E-state index in [9.17, 15) is 9.59 Å². The first kappa shape index (κ1) is 19.6. The number of rotatable bonds is 1. The van der Waals surface area contributed by atoms with Crippen LogP contribution in [0, 0.1) is 0 Å². The van der Waals surface area contributed by atoms with Crippen molar-refractivity contribution in [2.75, 3.05) is 37.1 Å².